The van der Waals surface area contributed by atoms with Crippen molar-refractivity contribution in [2.24, 2.45) is 0 Å². The van der Waals surface area contributed by atoms with Gasteiger partial charge in [0.1, 0.15) is 0 Å². The SMILES string of the molecule is COc1cc(CN(C)[C@@H](C)c2ccccn2)ccc1F. The van der Waals surface area contributed by atoms with Crippen molar-refractivity contribution in [2.75, 3.05) is 14.2 Å². The number of hydrogen-bond donors (Lipinski definition) is 0. The fraction of sp³-hybridized carbons (Fsp3) is 0.312. The van der Waals surface area contributed by atoms with Crippen molar-refractivity contribution in [1.82, 2.24) is 9.88 Å². The van der Waals surface area contributed by atoms with Gasteiger partial charge in [-0.25, -0.2) is 4.39 Å². The second-order valence-corrected chi connectivity index (χ2v) is 4.81. The Bertz CT molecular complexity index is 560. The molecule has 1 aromatic carbocycles. The van der Waals surface area contributed by atoms with Crippen LogP contribution in [0.15, 0.2) is 42.6 Å². The topological polar surface area (TPSA) is 25.4 Å². The normalized spacial score (nSPS) is 12.4. The van der Waals surface area contributed by atoms with Crippen molar-refractivity contribution in [2.45, 2.75) is 19.5 Å². The van der Waals surface area contributed by atoms with E-state index in [-0.39, 0.29) is 17.6 Å². The molecular formula is C16H19FN2O. The van der Waals surface area contributed by atoms with E-state index in [0.717, 1.165) is 11.3 Å². The molecule has 0 aliphatic carbocycles. The van der Waals surface area contributed by atoms with Gasteiger partial charge in [0, 0.05) is 18.8 Å². The molecule has 0 saturated carbocycles. The molecule has 0 bridgehead atoms. The minimum absolute atomic E-state index is 0.187. The van der Waals surface area contributed by atoms with E-state index in [1.165, 1.54) is 13.2 Å². The fourth-order valence-corrected chi connectivity index (χ4v) is 2.08. The molecule has 0 spiro atoms. The molecule has 0 fully saturated rings. The molecular weight excluding hydrogens is 255 g/mol. The lowest BCUT2D eigenvalue weighted by atomic mass is 10.1. The summed E-state index contributed by atoms with van der Waals surface area (Å²) < 4.78 is 18.4. The number of benzene rings is 1. The Morgan fingerprint density at radius 1 is 1.30 bits per heavy atom. The molecule has 0 unspecified atom stereocenters. The zero-order valence-corrected chi connectivity index (χ0v) is 12.0. The number of aromatic nitrogens is 1. The second-order valence-electron chi connectivity index (χ2n) is 4.81. The monoisotopic (exact) mass is 274 g/mol. The second kappa shape index (κ2) is 6.48. The van der Waals surface area contributed by atoms with E-state index in [4.69, 9.17) is 4.74 Å². The van der Waals surface area contributed by atoms with Crippen molar-refractivity contribution in [3.63, 3.8) is 0 Å². The first-order valence-corrected chi connectivity index (χ1v) is 6.55. The third-order valence-corrected chi connectivity index (χ3v) is 3.42. The Balaban J connectivity index is 2.09. The van der Waals surface area contributed by atoms with Gasteiger partial charge in [0.15, 0.2) is 11.6 Å². The van der Waals surface area contributed by atoms with Crippen molar-refractivity contribution in [1.29, 1.82) is 0 Å². The van der Waals surface area contributed by atoms with Gasteiger partial charge in [0.2, 0.25) is 0 Å². The summed E-state index contributed by atoms with van der Waals surface area (Å²) in [6, 6.07) is 11.0. The fourth-order valence-electron chi connectivity index (χ4n) is 2.08. The largest absolute Gasteiger partial charge is 0.494 e. The average Bonchev–Trinajstić information content (AvgIpc) is 2.49. The van der Waals surface area contributed by atoms with Crippen LogP contribution < -0.4 is 4.74 Å². The number of ether oxygens (including phenoxy) is 1. The molecule has 2 rings (SSSR count). The van der Waals surface area contributed by atoms with Crippen molar-refractivity contribution >= 4 is 0 Å². The minimum Gasteiger partial charge on any atom is -0.494 e. The van der Waals surface area contributed by atoms with Gasteiger partial charge in [-0.1, -0.05) is 12.1 Å². The van der Waals surface area contributed by atoms with Crippen LogP contribution in [0.5, 0.6) is 5.75 Å². The first kappa shape index (κ1) is 14.5. The summed E-state index contributed by atoms with van der Waals surface area (Å²) in [7, 11) is 3.50. The zero-order valence-electron chi connectivity index (χ0n) is 12.0. The molecule has 0 aliphatic rings. The Kier molecular flexibility index (Phi) is 4.69. The van der Waals surface area contributed by atoms with Crippen LogP contribution in [-0.4, -0.2) is 24.0 Å². The van der Waals surface area contributed by atoms with Gasteiger partial charge < -0.3 is 4.74 Å². The maximum absolute atomic E-state index is 13.4. The third kappa shape index (κ3) is 3.33. The summed E-state index contributed by atoms with van der Waals surface area (Å²) in [6.45, 7) is 2.80. The molecule has 4 heteroatoms. The highest BCUT2D eigenvalue weighted by molar-refractivity contribution is 5.30. The van der Waals surface area contributed by atoms with Crippen molar-refractivity contribution < 1.29 is 9.13 Å². The van der Waals surface area contributed by atoms with E-state index in [1.54, 1.807) is 18.3 Å². The van der Waals surface area contributed by atoms with Gasteiger partial charge >= 0.3 is 0 Å². The molecule has 106 valence electrons. The van der Waals surface area contributed by atoms with Gasteiger partial charge in [-0.3, -0.25) is 9.88 Å². The zero-order chi connectivity index (χ0) is 14.5. The molecule has 20 heavy (non-hydrogen) atoms. The van der Waals surface area contributed by atoms with Crippen LogP contribution in [0.3, 0.4) is 0 Å². The number of pyridine rings is 1. The smallest absolute Gasteiger partial charge is 0.165 e. The van der Waals surface area contributed by atoms with Crippen molar-refractivity contribution in [3.05, 3.63) is 59.7 Å². The predicted octanol–water partition coefficient (Wildman–Crippen LogP) is 3.42. The molecule has 1 heterocycles. The molecule has 0 N–H and O–H groups in total. The Morgan fingerprint density at radius 3 is 2.75 bits per heavy atom. The van der Waals surface area contributed by atoms with Crippen LogP contribution in [0.1, 0.15) is 24.2 Å². The quantitative estimate of drug-likeness (QED) is 0.835. The van der Waals surface area contributed by atoms with Crippen LogP contribution in [-0.2, 0) is 6.54 Å². The first-order chi connectivity index (χ1) is 9.61. The Labute approximate surface area is 119 Å². The lowest BCUT2D eigenvalue weighted by Crippen LogP contribution is -2.22. The van der Waals surface area contributed by atoms with Gasteiger partial charge in [-0.2, -0.15) is 0 Å². The first-order valence-electron chi connectivity index (χ1n) is 6.55. The standard InChI is InChI=1S/C16H19FN2O/c1-12(15-6-4-5-9-18-15)19(2)11-13-7-8-14(17)16(10-13)20-3/h4-10,12H,11H2,1-3H3/t12-/m0/s1. The summed E-state index contributed by atoms with van der Waals surface area (Å²) in [5, 5.41) is 0. The molecule has 0 saturated heterocycles. The van der Waals surface area contributed by atoms with E-state index >= 15 is 0 Å². The predicted molar refractivity (Wildman–Crippen MR) is 77.1 cm³/mol. The number of hydrogen-bond acceptors (Lipinski definition) is 3. The number of nitrogens with zero attached hydrogens (tertiary/aromatic N) is 2. The van der Waals surface area contributed by atoms with E-state index in [1.807, 2.05) is 25.2 Å². The molecule has 3 nitrogen and oxygen atoms in total. The lowest BCUT2D eigenvalue weighted by molar-refractivity contribution is 0.248. The summed E-state index contributed by atoms with van der Waals surface area (Å²) in [5.41, 5.74) is 2.03. The van der Waals surface area contributed by atoms with Crippen LogP contribution in [0.4, 0.5) is 4.39 Å². The molecule has 2 aromatic rings. The molecule has 1 atom stereocenters. The van der Waals surface area contributed by atoms with E-state index in [9.17, 15) is 4.39 Å². The van der Waals surface area contributed by atoms with Crippen molar-refractivity contribution in [3.8, 4) is 5.75 Å². The van der Waals surface area contributed by atoms with E-state index < -0.39 is 0 Å². The number of methoxy groups -OCH3 is 1. The highest BCUT2D eigenvalue weighted by Crippen LogP contribution is 2.22. The maximum atomic E-state index is 13.4. The van der Waals surface area contributed by atoms with E-state index in [0.29, 0.717) is 6.54 Å². The van der Waals surface area contributed by atoms with Crippen LogP contribution >= 0.6 is 0 Å². The van der Waals surface area contributed by atoms with Crippen LogP contribution in [0.2, 0.25) is 0 Å². The summed E-state index contributed by atoms with van der Waals surface area (Å²) in [4.78, 5) is 6.52. The van der Waals surface area contributed by atoms with Gasteiger partial charge in [0.05, 0.1) is 12.8 Å². The number of rotatable bonds is 5. The Hall–Kier alpha value is -1.94. The van der Waals surface area contributed by atoms with Gasteiger partial charge in [0.25, 0.3) is 0 Å². The van der Waals surface area contributed by atoms with Crippen LogP contribution in [0, 0.1) is 5.82 Å². The summed E-state index contributed by atoms with van der Waals surface area (Å²) in [6.07, 6.45) is 1.79. The minimum atomic E-state index is -0.336. The molecule has 0 aliphatic heterocycles. The van der Waals surface area contributed by atoms with Gasteiger partial charge in [-0.05, 0) is 43.8 Å². The molecule has 0 radical (unpaired) electrons. The average molecular weight is 274 g/mol. The van der Waals surface area contributed by atoms with Gasteiger partial charge in [-0.15, -0.1) is 0 Å². The maximum Gasteiger partial charge on any atom is 0.165 e. The van der Waals surface area contributed by atoms with E-state index in [2.05, 4.69) is 16.8 Å². The summed E-state index contributed by atoms with van der Waals surface area (Å²) >= 11 is 0. The number of halogens is 1. The summed E-state index contributed by atoms with van der Waals surface area (Å²) in [5.74, 6) is -0.0573. The highest BCUT2D eigenvalue weighted by atomic mass is 19.1. The highest BCUT2D eigenvalue weighted by Gasteiger charge is 2.13. The third-order valence-electron chi connectivity index (χ3n) is 3.42. The molecule has 0 amide bonds. The molecule has 1 aromatic heterocycles. The van der Waals surface area contributed by atoms with Crippen LogP contribution in [0.25, 0.3) is 0 Å². The lowest BCUT2D eigenvalue weighted by Gasteiger charge is -2.24. The Morgan fingerprint density at radius 2 is 2.10 bits per heavy atom.